The lowest BCUT2D eigenvalue weighted by Gasteiger charge is -2.34. The molecule has 1 aromatic rings. The first-order valence-corrected chi connectivity index (χ1v) is 10.9. The minimum atomic E-state index is -0.445. The van der Waals surface area contributed by atoms with Crippen molar-refractivity contribution in [3.63, 3.8) is 0 Å². The number of fused-ring (bicyclic) bond motifs is 1. The molecule has 168 valence electrons. The Balaban J connectivity index is 2.49. The van der Waals surface area contributed by atoms with Crippen molar-refractivity contribution >= 4 is 28.7 Å². The molecule has 0 amide bonds. The van der Waals surface area contributed by atoms with Gasteiger partial charge in [0.25, 0.3) is 0 Å². The summed E-state index contributed by atoms with van der Waals surface area (Å²) in [5.74, 6) is 1.22. The molecule has 5 heteroatoms. The van der Waals surface area contributed by atoms with Crippen LogP contribution in [0.2, 0.25) is 5.02 Å². The number of benzene rings is 1. The van der Waals surface area contributed by atoms with Crippen molar-refractivity contribution in [2.45, 2.75) is 54.1 Å². The zero-order chi connectivity index (χ0) is 23.3. The van der Waals surface area contributed by atoms with Crippen LogP contribution in [0, 0.1) is 5.92 Å². The summed E-state index contributed by atoms with van der Waals surface area (Å²) >= 11 is 6.76. The smallest absolute Gasteiger partial charge is 0.330 e. The Labute approximate surface area is 191 Å². The molecule has 2 rings (SSSR count). The first-order valence-electron chi connectivity index (χ1n) is 10.5. The van der Waals surface area contributed by atoms with Crippen molar-refractivity contribution < 1.29 is 19.0 Å². The van der Waals surface area contributed by atoms with Crippen LogP contribution in [-0.4, -0.2) is 25.3 Å². The third-order valence-electron chi connectivity index (χ3n) is 4.94. The second-order valence-electron chi connectivity index (χ2n) is 8.46. The Morgan fingerprint density at radius 1 is 1.29 bits per heavy atom. The van der Waals surface area contributed by atoms with Gasteiger partial charge in [-0.2, -0.15) is 0 Å². The van der Waals surface area contributed by atoms with Crippen molar-refractivity contribution in [3.8, 4) is 11.5 Å². The molecule has 1 heterocycles. The number of hydrogen-bond donors (Lipinski definition) is 0. The number of carbonyl (C=O) groups excluding carboxylic acids is 1. The van der Waals surface area contributed by atoms with Crippen LogP contribution in [0.1, 0.15) is 59.6 Å². The van der Waals surface area contributed by atoms with Crippen LogP contribution in [0.5, 0.6) is 11.5 Å². The SMILES string of the molecule is CCOC(=O)/C=C(C)/C=C/C=C(/C)c1cc2c(c(Cl)c1OC)OC(C)(C)C=C2C(C)C. The van der Waals surface area contributed by atoms with Crippen LogP contribution < -0.4 is 9.47 Å². The van der Waals surface area contributed by atoms with Crippen molar-refractivity contribution in [3.05, 3.63) is 58.2 Å². The second kappa shape index (κ2) is 10.2. The van der Waals surface area contributed by atoms with E-state index in [0.717, 1.165) is 22.3 Å². The van der Waals surface area contributed by atoms with E-state index in [2.05, 4.69) is 26.0 Å². The van der Waals surface area contributed by atoms with Gasteiger partial charge in [0.15, 0.2) is 5.75 Å². The fraction of sp³-hybridized carbons (Fsp3) is 0.423. The van der Waals surface area contributed by atoms with E-state index in [9.17, 15) is 4.79 Å². The topological polar surface area (TPSA) is 44.8 Å². The zero-order valence-corrected chi connectivity index (χ0v) is 20.5. The van der Waals surface area contributed by atoms with Crippen LogP contribution in [0.4, 0.5) is 0 Å². The molecule has 0 aromatic heterocycles. The quantitative estimate of drug-likeness (QED) is 0.257. The monoisotopic (exact) mass is 444 g/mol. The normalized spacial score (nSPS) is 16.1. The Kier molecular flexibility index (Phi) is 8.19. The van der Waals surface area contributed by atoms with Gasteiger partial charge >= 0.3 is 5.97 Å². The van der Waals surface area contributed by atoms with E-state index in [0.29, 0.717) is 29.0 Å². The van der Waals surface area contributed by atoms with Gasteiger partial charge in [-0.25, -0.2) is 4.79 Å². The largest absolute Gasteiger partial charge is 0.494 e. The fourth-order valence-corrected chi connectivity index (χ4v) is 3.82. The molecule has 1 aromatic carbocycles. The molecule has 0 saturated carbocycles. The molecule has 0 N–H and O–H groups in total. The van der Waals surface area contributed by atoms with Gasteiger partial charge in [0, 0.05) is 17.2 Å². The Morgan fingerprint density at radius 3 is 2.55 bits per heavy atom. The van der Waals surface area contributed by atoms with E-state index in [1.54, 1.807) is 14.0 Å². The summed E-state index contributed by atoms with van der Waals surface area (Å²) in [5, 5.41) is 0.476. The van der Waals surface area contributed by atoms with E-state index in [4.69, 9.17) is 25.8 Å². The molecule has 1 aliphatic rings. The van der Waals surface area contributed by atoms with Crippen molar-refractivity contribution in [2.24, 2.45) is 5.92 Å². The molecule has 0 unspecified atom stereocenters. The molecule has 0 radical (unpaired) electrons. The van der Waals surface area contributed by atoms with E-state index >= 15 is 0 Å². The van der Waals surface area contributed by atoms with Crippen LogP contribution in [0.15, 0.2) is 42.0 Å². The molecular formula is C26H33ClO4. The van der Waals surface area contributed by atoms with Crippen molar-refractivity contribution in [1.82, 2.24) is 0 Å². The summed E-state index contributed by atoms with van der Waals surface area (Å²) in [6.45, 7) is 14.4. The second-order valence-corrected chi connectivity index (χ2v) is 8.84. The maximum absolute atomic E-state index is 11.6. The highest BCUT2D eigenvalue weighted by atomic mass is 35.5. The predicted molar refractivity (Wildman–Crippen MR) is 129 cm³/mol. The van der Waals surface area contributed by atoms with Crippen LogP contribution in [0.25, 0.3) is 11.1 Å². The summed E-state index contributed by atoms with van der Waals surface area (Å²) in [5.41, 5.74) is 4.43. The average Bonchev–Trinajstić information content (AvgIpc) is 2.67. The fourth-order valence-electron chi connectivity index (χ4n) is 3.50. The standard InChI is InChI=1S/C26H33ClO4/c1-9-30-22(28)13-17(4)11-10-12-18(5)19-14-20-21(16(2)3)15-26(6,7)31-25(20)23(27)24(19)29-8/h10-16H,9H2,1-8H3/b11-10+,17-13+,18-12-. The van der Waals surface area contributed by atoms with Crippen molar-refractivity contribution in [2.75, 3.05) is 13.7 Å². The van der Waals surface area contributed by atoms with Gasteiger partial charge in [-0.3, -0.25) is 0 Å². The summed E-state index contributed by atoms with van der Waals surface area (Å²) in [6.07, 6.45) is 9.35. The number of allylic oxidation sites excluding steroid dienone is 6. The summed E-state index contributed by atoms with van der Waals surface area (Å²) < 4.78 is 16.8. The third-order valence-corrected chi connectivity index (χ3v) is 5.29. The van der Waals surface area contributed by atoms with Crippen LogP contribution >= 0.6 is 11.6 Å². The molecule has 0 bridgehead atoms. The molecule has 0 saturated heterocycles. The molecule has 0 spiro atoms. The van der Waals surface area contributed by atoms with Gasteiger partial charge in [0.1, 0.15) is 16.4 Å². The lowest BCUT2D eigenvalue weighted by Crippen LogP contribution is -2.30. The maximum Gasteiger partial charge on any atom is 0.330 e. The van der Waals surface area contributed by atoms with Gasteiger partial charge in [0.05, 0.1) is 13.7 Å². The predicted octanol–water partition coefficient (Wildman–Crippen LogP) is 7.03. The number of esters is 1. The highest BCUT2D eigenvalue weighted by Crippen LogP contribution is 2.49. The Hall–Kier alpha value is -2.46. The number of hydrogen-bond acceptors (Lipinski definition) is 4. The van der Waals surface area contributed by atoms with Gasteiger partial charge in [-0.1, -0.05) is 43.7 Å². The molecule has 1 aliphatic heterocycles. The number of ether oxygens (including phenoxy) is 3. The maximum atomic E-state index is 11.6. The summed E-state index contributed by atoms with van der Waals surface area (Å²) in [4.78, 5) is 11.6. The molecule has 0 atom stereocenters. The number of rotatable bonds is 7. The van der Waals surface area contributed by atoms with E-state index in [1.165, 1.54) is 11.6 Å². The minimum absolute atomic E-state index is 0.319. The number of methoxy groups -OCH3 is 1. The van der Waals surface area contributed by atoms with E-state index in [-0.39, 0.29) is 5.97 Å². The summed E-state index contributed by atoms with van der Waals surface area (Å²) in [6, 6.07) is 2.09. The van der Waals surface area contributed by atoms with Gasteiger partial charge in [-0.15, -0.1) is 0 Å². The van der Waals surface area contributed by atoms with E-state index in [1.807, 2.05) is 45.9 Å². The Bertz CT molecular complexity index is 962. The highest BCUT2D eigenvalue weighted by molar-refractivity contribution is 6.34. The molecular weight excluding hydrogens is 412 g/mol. The average molecular weight is 445 g/mol. The molecule has 4 nitrogen and oxygen atoms in total. The summed E-state index contributed by atoms with van der Waals surface area (Å²) in [7, 11) is 1.61. The van der Waals surface area contributed by atoms with E-state index < -0.39 is 5.60 Å². The van der Waals surface area contributed by atoms with Crippen LogP contribution in [0.3, 0.4) is 0 Å². The van der Waals surface area contributed by atoms with Crippen molar-refractivity contribution in [1.29, 1.82) is 0 Å². The first-order chi connectivity index (χ1) is 14.5. The van der Waals surface area contributed by atoms with Gasteiger partial charge in [0.2, 0.25) is 0 Å². The van der Waals surface area contributed by atoms with Gasteiger partial charge < -0.3 is 14.2 Å². The Morgan fingerprint density at radius 2 is 1.97 bits per heavy atom. The highest BCUT2D eigenvalue weighted by Gasteiger charge is 2.32. The number of halogens is 1. The number of carbonyl (C=O) groups is 1. The molecule has 0 fully saturated rings. The molecule has 0 aliphatic carbocycles. The lowest BCUT2D eigenvalue weighted by molar-refractivity contribution is -0.137. The molecule has 31 heavy (non-hydrogen) atoms. The lowest BCUT2D eigenvalue weighted by atomic mass is 9.86. The third kappa shape index (κ3) is 6.04. The first kappa shape index (κ1) is 24.8. The van der Waals surface area contributed by atoms with Crippen LogP contribution in [-0.2, 0) is 9.53 Å². The van der Waals surface area contributed by atoms with Gasteiger partial charge in [-0.05, 0) is 69.4 Å². The zero-order valence-electron chi connectivity index (χ0n) is 19.8. The minimum Gasteiger partial charge on any atom is -0.494 e.